The largest absolute Gasteiger partial charge is 0.469 e. The van der Waals surface area contributed by atoms with Gasteiger partial charge in [-0.1, -0.05) is 13.8 Å². The number of rotatable bonds is 2. The first-order chi connectivity index (χ1) is 10.5. The topological polar surface area (TPSA) is 76.7 Å². The summed E-state index contributed by atoms with van der Waals surface area (Å²) in [6.07, 6.45) is 2.14. The molecule has 0 unspecified atom stereocenters. The van der Waals surface area contributed by atoms with Gasteiger partial charge < -0.3 is 20.1 Å². The highest BCUT2D eigenvalue weighted by Gasteiger charge is 2.28. The summed E-state index contributed by atoms with van der Waals surface area (Å²) in [6.45, 7) is 7.79. The molecule has 0 aromatic carbocycles. The Bertz CT molecular complexity index is 338. The first kappa shape index (κ1) is 25.7. The summed E-state index contributed by atoms with van der Waals surface area (Å²) < 4.78 is 9.36. The minimum absolute atomic E-state index is 0. The molecule has 0 aromatic rings. The fourth-order valence-corrected chi connectivity index (χ4v) is 2.91. The number of halogens is 2. The zero-order valence-electron chi connectivity index (χ0n) is 15.0. The molecule has 2 aliphatic heterocycles. The Morgan fingerprint density at radius 1 is 0.792 bits per heavy atom. The molecule has 4 atom stereocenters. The molecular weight excluding hydrogens is 355 g/mol. The molecule has 0 aromatic heterocycles. The lowest BCUT2D eigenvalue weighted by atomic mass is 9.88. The van der Waals surface area contributed by atoms with E-state index in [-0.39, 0.29) is 48.6 Å². The Labute approximate surface area is 157 Å². The zero-order valence-corrected chi connectivity index (χ0v) is 16.6. The molecule has 2 aliphatic rings. The number of piperidine rings is 2. The molecular formula is C16H32Cl2N2O4. The molecule has 2 fully saturated rings. The number of esters is 2. The fourth-order valence-electron chi connectivity index (χ4n) is 2.91. The Hall–Kier alpha value is -0.560. The van der Waals surface area contributed by atoms with Gasteiger partial charge in [-0.05, 0) is 37.8 Å². The minimum Gasteiger partial charge on any atom is -0.469 e. The van der Waals surface area contributed by atoms with Crippen molar-refractivity contribution in [2.24, 2.45) is 23.7 Å². The SMILES string of the molecule is COC(=O)[C@@H]1CNCC[C@@H]1C.COC(=O)[C@H]1CNCC[C@H]1C.Cl.Cl. The summed E-state index contributed by atoms with van der Waals surface area (Å²) in [4.78, 5) is 22.2. The molecule has 2 saturated heterocycles. The van der Waals surface area contributed by atoms with Crippen LogP contribution in [-0.2, 0) is 19.1 Å². The second-order valence-electron chi connectivity index (χ2n) is 6.20. The summed E-state index contributed by atoms with van der Waals surface area (Å²) in [6, 6.07) is 0. The summed E-state index contributed by atoms with van der Waals surface area (Å²) in [7, 11) is 2.90. The fraction of sp³-hybridized carbons (Fsp3) is 0.875. The van der Waals surface area contributed by atoms with Crippen molar-refractivity contribution in [2.45, 2.75) is 26.7 Å². The zero-order chi connectivity index (χ0) is 16.5. The van der Waals surface area contributed by atoms with Gasteiger partial charge in [0.15, 0.2) is 0 Å². The van der Waals surface area contributed by atoms with Crippen molar-refractivity contribution in [3.05, 3.63) is 0 Å². The Kier molecular flexibility index (Phi) is 14.7. The van der Waals surface area contributed by atoms with E-state index in [1.807, 2.05) is 0 Å². The van der Waals surface area contributed by atoms with Crippen molar-refractivity contribution in [3.8, 4) is 0 Å². The smallest absolute Gasteiger partial charge is 0.310 e. The van der Waals surface area contributed by atoms with Crippen molar-refractivity contribution in [3.63, 3.8) is 0 Å². The third kappa shape index (κ3) is 8.01. The molecule has 0 aliphatic carbocycles. The Balaban J connectivity index is 0. The lowest BCUT2D eigenvalue weighted by Gasteiger charge is -2.26. The highest BCUT2D eigenvalue weighted by molar-refractivity contribution is 5.85. The predicted octanol–water partition coefficient (Wildman–Crippen LogP) is 1.65. The molecule has 6 nitrogen and oxygen atoms in total. The normalized spacial score (nSPS) is 28.8. The molecule has 0 bridgehead atoms. The second-order valence-corrected chi connectivity index (χ2v) is 6.20. The average molecular weight is 387 g/mol. The van der Waals surface area contributed by atoms with Crippen molar-refractivity contribution in [2.75, 3.05) is 40.4 Å². The lowest BCUT2D eigenvalue weighted by molar-refractivity contribution is -0.148. The van der Waals surface area contributed by atoms with Crippen LogP contribution >= 0.6 is 24.8 Å². The highest BCUT2D eigenvalue weighted by Crippen LogP contribution is 2.19. The number of hydrogen-bond acceptors (Lipinski definition) is 6. The van der Waals surface area contributed by atoms with Crippen LogP contribution in [0.1, 0.15) is 26.7 Å². The van der Waals surface area contributed by atoms with Gasteiger partial charge in [0.25, 0.3) is 0 Å². The maximum absolute atomic E-state index is 11.1. The first-order valence-electron chi connectivity index (χ1n) is 8.08. The number of methoxy groups -OCH3 is 2. The van der Waals surface area contributed by atoms with Gasteiger partial charge in [0.2, 0.25) is 0 Å². The van der Waals surface area contributed by atoms with E-state index in [9.17, 15) is 9.59 Å². The number of nitrogens with one attached hydrogen (secondary N) is 2. The maximum Gasteiger partial charge on any atom is 0.310 e. The van der Waals surface area contributed by atoms with Crippen LogP contribution in [0.3, 0.4) is 0 Å². The summed E-state index contributed by atoms with van der Waals surface area (Å²) >= 11 is 0. The lowest BCUT2D eigenvalue weighted by Crippen LogP contribution is -2.40. The van der Waals surface area contributed by atoms with Crippen molar-refractivity contribution in [1.29, 1.82) is 0 Å². The van der Waals surface area contributed by atoms with E-state index < -0.39 is 0 Å². The van der Waals surface area contributed by atoms with Gasteiger partial charge in [-0.2, -0.15) is 0 Å². The molecule has 2 rings (SSSR count). The van der Waals surface area contributed by atoms with Crippen LogP contribution in [0.4, 0.5) is 0 Å². The Morgan fingerprint density at radius 3 is 1.38 bits per heavy atom. The third-order valence-corrected chi connectivity index (χ3v) is 4.66. The van der Waals surface area contributed by atoms with Crippen LogP contribution in [0.25, 0.3) is 0 Å². The van der Waals surface area contributed by atoms with Crippen LogP contribution in [-0.4, -0.2) is 52.3 Å². The van der Waals surface area contributed by atoms with Crippen molar-refractivity contribution >= 4 is 36.8 Å². The van der Waals surface area contributed by atoms with E-state index in [2.05, 4.69) is 34.0 Å². The van der Waals surface area contributed by atoms with E-state index >= 15 is 0 Å². The molecule has 0 amide bonds. The minimum atomic E-state index is -0.0790. The quantitative estimate of drug-likeness (QED) is 0.702. The number of carbonyl (C=O) groups is 2. The van der Waals surface area contributed by atoms with E-state index in [0.29, 0.717) is 11.8 Å². The standard InChI is InChI=1S/2C8H15NO2.2ClH/c2*1-6-3-4-9-5-7(6)8(10)11-2;;/h2*6-7,9H,3-5H2,1-2H3;2*1H/t2*6-,7+;;/m10../s1. The van der Waals surface area contributed by atoms with E-state index in [4.69, 9.17) is 0 Å². The summed E-state index contributed by atoms with van der Waals surface area (Å²) in [5.41, 5.74) is 0. The van der Waals surface area contributed by atoms with Crippen LogP contribution < -0.4 is 10.6 Å². The van der Waals surface area contributed by atoms with Crippen molar-refractivity contribution in [1.82, 2.24) is 10.6 Å². The Morgan fingerprint density at radius 2 is 1.12 bits per heavy atom. The molecule has 0 spiro atoms. The van der Waals surface area contributed by atoms with Crippen LogP contribution in [0.2, 0.25) is 0 Å². The highest BCUT2D eigenvalue weighted by atomic mass is 35.5. The van der Waals surface area contributed by atoms with Gasteiger partial charge >= 0.3 is 11.9 Å². The summed E-state index contributed by atoms with van der Waals surface area (Å²) in [5.74, 6) is 0.893. The van der Waals surface area contributed by atoms with E-state index in [0.717, 1.165) is 39.0 Å². The molecule has 144 valence electrons. The second kappa shape index (κ2) is 13.7. The average Bonchev–Trinajstić information content (AvgIpc) is 2.55. The number of carbonyl (C=O) groups excluding carboxylic acids is 2. The van der Waals surface area contributed by atoms with E-state index in [1.165, 1.54) is 14.2 Å². The number of hydrogen-bond donors (Lipinski definition) is 2. The molecule has 0 radical (unpaired) electrons. The van der Waals surface area contributed by atoms with Gasteiger partial charge in [0.05, 0.1) is 26.1 Å². The van der Waals surface area contributed by atoms with Gasteiger partial charge in [0.1, 0.15) is 0 Å². The van der Waals surface area contributed by atoms with Gasteiger partial charge in [-0.25, -0.2) is 0 Å². The van der Waals surface area contributed by atoms with Crippen molar-refractivity contribution < 1.29 is 19.1 Å². The van der Waals surface area contributed by atoms with Gasteiger partial charge in [-0.15, -0.1) is 24.8 Å². The molecule has 0 saturated carbocycles. The van der Waals surface area contributed by atoms with Crippen LogP contribution in [0.5, 0.6) is 0 Å². The number of ether oxygens (including phenoxy) is 2. The van der Waals surface area contributed by atoms with Crippen LogP contribution in [0, 0.1) is 23.7 Å². The predicted molar refractivity (Wildman–Crippen MR) is 98.8 cm³/mol. The molecule has 2 heterocycles. The molecule has 8 heteroatoms. The van der Waals surface area contributed by atoms with Gasteiger partial charge in [-0.3, -0.25) is 9.59 Å². The maximum atomic E-state index is 11.1. The summed E-state index contributed by atoms with van der Waals surface area (Å²) in [5, 5.41) is 6.36. The molecule has 2 N–H and O–H groups in total. The molecule has 24 heavy (non-hydrogen) atoms. The monoisotopic (exact) mass is 386 g/mol. The van der Waals surface area contributed by atoms with E-state index in [1.54, 1.807) is 0 Å². The van der Waals surface area contributed by atoms with Crippen LogP contribution in [0.15, 0.2) is 0 Å². The van der Waals surface area contributed by atoms with Gasteiger partial charge in [0, 0.05) is 13.1 Å². The third-order valence-electron chi connectivity index (χ3n) is 4.66. The first-order valence-corrected chi connectivity index (χ1v) is 8.08.